The third-order valence-corrected chi connectivity index (χ3v) is 5.03. The van der Waals surface area contributed by atoms with Crippen LogP contribution < -0.4 is 4.74 Å². The van der Waals surface area contributed by atoms with Crippen molar-refractivity contribution >= 4 is 22.1 Å². The smallest absolute Gasteiger partial charge is 0.142 e. The average Bonchev–Trinajstić information content (AvgIpc) is 2.94. The number of hydrogen-bond donors (Lipinski definition) is 0. The standard InChI is InChI=1S/C24H16N2O2/c25-11-7-18-15-22(17-8-12-26-13-9-17)20-10-14-27-23-19-4-2-1-3-16(19)5-6-21(23)24(20)28-18/h1-9,12-13,15H,10,14H2/b18-7-. The van der Waals surface area contributed by atoms with Crippen molar-refractivity contribution in [3.8, 4) is 11.8 Å². The molecule has 134 valence electrons. The van der Waals surface area contributed by atoms with Crippen molar-refractivity contribution < 1.29 is 9.47 Å². The van der Waals surface area contributed by atoms with Crippen molar-refractivity contribution in [1.29, 1.82) is 5.26 Å². The molecular formula is C24H16N2O2. The topological polar surface area (TPSA) is 55.1 Å². The Balaban J connectivity index is 1.77. The number of nitrogens with zero attached hydrogens (tertiary/aromatic N) is 2. The first-order valence-corrected chi connectivity index (χ1v) is 9.13. The summed E-state index contributed by atoms with van der Waals surface area (Å²) in [5, 5.41) is 11.4. The van der Waals surface area contributed by atoms with Crippen LogP contribution in [0.25, 0.3) is 22.1 Å². The zero-order valence-corrected chi connectivity index (χ0v) is 15.1. The van der Waals surface area contributed by atoms with E-state index >= 15 is 0 Å². The molecule has 0 radical (unpaired) electrons. The molecule has 2 aromatic carbocycles. The lowest BCUT2D eigenvalue weighted by molar-refractivity contribution is 0.329. The molecule has 4 heteroatoms. The van der Waals surface area contributed by atoms with Crippen LogP contribution in [0.15, 0.2) is 84.4 Å². The zero-order valence-electron chi connectivity index (χ0n) is 15.1. The number of ether oxygens (including phenoxy) is 2. The Morgan fingerprint density at radius 2 is 1.89 bits per heavy atom. The lowest BCUT2D eigenvalue weighted by Crippen LogP contribution is -2.05. The number of hydrogen-bond acceptors (Lipinski definition) is 4. The molecule has 2 aliphatic heterocycles. The van der Waals surface area contributed by atoms with Crippen molar-refractivity contribution in [2.75, 3.05) is 6.61 Å². The molecule has 0 bridgehead atoms. The van der Waals surface area contributed by atoms with Gasteiger partial charge < -0.3 is 9.47 Å². The Bertz CT molecular complexity index is 1210. The summed E-state index contributed by atoms with van der Waals surface area (Å²) >= 11 is 0. The van der Waals surface area contributed by atoms with E-state index in [1.54, 1.807) is 12.4 Å². The Labute approximate surface area is 162 Å². The third kappa shape index (κ3) is 2.65. The van der Waals surface area contributed by atoms with Crippen LogP contribution in [0.4, 0.5) is 0 Å². The molecule has 0 N–H and O–H groups in total. The molecule has 1 aromatic heterocycles. The number of rotatable bonds is 1. The van der Waals surface area contributed by atoms with E-state index in [-0.39, 0.29) is 0 Å². The molecule has 5 rings (SSSR count). The van der Waals surface area contributed by atoms with E-state index in [4.69, 9.17) is 9.47 Å². The first-order valence-electron chi connectivity index (χ1n) is 9.13. The van der Waals surface area contributed by atoms with Crippen LogP contribution in [-0.2, 0) is 4.74 Å². The molecule has 3 aromatic rings. The summed E-state index contributed by atoms with van der Waals surface area (Å²) < 4.78 is 12.4. The van der Waals surface area contributed by atoms with Gasteiger partial charge in [-0.25, -0.2) is 0 Å². The van der Waals surface area contributed by atoms with Crippen molar-refractivity contribution in [2.45, 2.75) is 6.42 Å². The second kappa shape index (κ2) is 6.71. The summed E-state index contributed by atoms with van der Waals surface area (Å²) in [6.45, 7) is 0.558. The number of fused-ring (bicyclic) bond motifs is 4. The van der Waals surface area contributed by atoms with Gasteiger partial charge in [-0.2, -0.15) is 5.26 Å². The van der Waals surface area contributed by atoms with Crippen LogP contribution in [0.3, 0.4) is 0 Å². The maximum Gasteiger partial charge on any atom is 0.142 e. The first-order chi connectivity index (χ1) is 13.8. The van der Waals surface area contributed by atoms with Gasteiger partial charge in [0, 0.05) is 29.8 Å². The Morgan fingerprint density at radius 1 is 1.04 bits per heavy atom. The highest BCUT2D eigenvalue weighted by Crippen LogP contribution is 2.45. The van der Waals surface area contributed by atoms with E-state index in [9.17, 15) is 5.26 Å². The highest BCUT2D eigenvalue weighted by molar-refractivity contribution is 5.97. The number of benzene rings is 2. The molecule has 4 nitrogen and oxygen atoms in total. The largest absolute Gasteiger partial charge is 0.492 e. The van der Waals surface area contributed by atoms with Crippen molar-refractivity contribution in [3.05, 3.63) is 95.5 Å². The Hall–Kier alpha value is -3.84. The highest BCUT2D eigenvalue weighted by Gasteiger charge is 2.28. The molecule has 0 spiro atoms. The van der Waals surface area contributed by atoms with E-state index in [2.05, 4.69) is 29.3 Å². The van der Waals surface area contributed by atoms with Crippen molar-refractivity contribution in [1.82, 2.24) is 4.98 Å². The van der Waals surface area contributed by atoms with Crippen LogP contribution >= 0.6 is 0 Å². The summed E-state index contributed by atoms with van der Waals surface area (Å²) in [7, 11) is 0. The monoisotopic (exact) mass is 364 g/mol. The number of pyridine rings is 1. The number of aromatic nitrogens is 1. The van der Waals surface area contributed by atoms with Gasteiger partial charge in [0.1, 0.15) is 17.3 Å². The van der Waals surface area contributed by atoms with E-state index in [1.807, 2.05) is 36.4 Å². The average molecular weight is 364 g/mol. The normalized spacial score (nSPS) is 17.0. The van der Waals surface area contributed by atoms with E-state index in [0.29, 0.717) is 18.8 Å². The maximum atomic E-state index is 9.18. The van der Waals surface area contributed by atoms with Crippen LogP contribution in [-0.4, -0.2) is 11.6 Å². The van der Waals surface area contributed by atoms with Gasteiger partial charge in [0.2, 0.25) is 0 Å². The van der Waals surface area contributed by atoms with Gasteiger partial charge in [-0.3, -0.25) is 4.98 Å². The van der Waals surface area contributed by atoms with Gasteiger partial charge >= 0.3 is 0 Å². The van der Waals surface area contributed by atoms with Crippen LogP contribution in [0, 0.1) is 11.3 Å². The van der Waals surface area contributed by atoms with Crippen LogP contribution in [0.2, 0.25) is 0 Å². The molecule has 2 aliphatic rings. The molecule has 0 unspecified atom stereocenters. The maximum absolute atomic E-state index is 9.18. The second-order valence-corrected chi connectivity index (χ2v) is 6.64. The lowest BCUT2D eigenvalue weighted by atomic mass is 9.91. The molecule has 0 saturated carbocycles. The Morgan fingerprint density at radius 3 is 2.75 bits per heavy atom. The molecule has 0 atom stereocenters. The SMILES string of the molecule is N#C/C=C1/C=C(c2ccncc2)C2=C(O1)c1ccc3ccccc3c1OCC2. The first kappa shape index (κ1) is 16.3. The summed E-state index contributed by atoms with van der Waals surface area (Å²) in [5.74, 6) is 2.11. The van der Waals surface area contributed by atoms with E-state index < -0.39 is 0 Å². The van der Waals surface area contributed by atoms with Gasteiger partial charge in [0.15, 0.2) is 0 Å². The molecular weight excluding hydrogens is 348 g/mol. The van der Waals surface area contributed by atoms with Crippen molar-refractivity contribution in [2.24, 2.45) is 0 Å². The van der Waals surface area contributed by atoms with Crippen LogP contribution in [0.1, 0.15) is 17.5 Å². The Kier molecular flexibility index (Phi) is 3.92. The fourth-order valence-electron chi connectivity index (χ4n) is 3.78. The minimum absolute atomic E-state index is 0.522. The quantitative estimate of drug-likeness (QED) is 0.554. The molecule has 0 fully saturated rings. The van der Waals surface area contributed by atoms with Gasteiger partial charge in [-0.15, -0.1) is 0 Å². The van der Waals surface area contributed by atoms with E-state index in [1.165, 1.54) is 6.08 Å². The van der Waals surface area contributed by atoms with Crippen LogP contribution in [0.5, 0.6) is 5.75 Å². The number of nitriles is 1. The highest BCUT2D eigenvalue weighted by atomic mass is 16.5. The van der Waals surface area contributed by atoms with Gasteiger partial charge in [-0.05, 0) is 40.8 Å². The predicted octanol–water partition coefficient (Wildman–Crippen LogP) is 5.25. The van der Waals surface area contributed by atoms with Gasteiger partial charge in [0.05, 0.1) is 24.3 Å². The van der Waals surface area contributed by atoms with Crippen molar-refractivity contribution in [3.63, 3.8) is 0 Å². The van der Waals surface area contributed by atoms with E-state index in [0.717, 1.165) is 44.6 Å². The molecule has 0 saturated heterocycles. The van der Waals surface area contributed by atoms with Gasteiger partial charge in [0.25, 0.3) is 0 Å². The zero-order chi connectivity index (χ0) is 18.9. The molecule has 3 heterocycles. The summed E-state index contributed by atoms with van der Waals surface area (Å²) in [4.78, 5) is 4.12. The fourth-order valence-corrected chi connectivity index (χ4v) is 3.78. The lowest BCUT2D eigenvalue weighted by Gasteiger charge is -2.23. The van der Waals surface area contributed by atoms with Gasteiger partial charge in [-0.1, -0.05) is 30.3 Å². The summed E-state index contributed by atoms with van der Waals surface area (Å²) in [5.41, 5.74) is 4.07. The summed E-state index contributed by atoms with van der Waals surface area (Å²) in [6.07, 6.45) is 7.61. The minimum atomic E-state index is 0.522. The predicted molar refractivity (Wildman–Crippen MR) is 108 cm³/mol. The molecule has 28 heavy (non-hydrogen) atoms. The number of allylic oxidation sites excluding steroid dienone is 3. The third-order valence-electron chi connectivity index (χ3n) is 5.03. The summed E-state index contributed by atoms with van der Waals surface area (Å²) in [6, 6.07) is 18.3. The minimum Gasteiger partial charge on any atom is -0.492 e. The second-order valence-electron chi connectivity index (χ2n) is 6.64. The molecule has 0 aliphatic carbocycles. The molecule has 0 amide bonds. The fraction of sp³-hybridized carbons (Fsp3) is 0.0833.